The van der Waals surface area contributed by atoms with Gasteiger partial charge in [0.05, 0.1) is 6.61 Å². The fourth-order valence-electron chi connectivity index (χ4n) is 2.58. The third kappa shape index (κ3) is 3.02. The second-order valence-electron chi connectivity index (χ2n) is 5.56. The molecule has 8 heteroatoms. The third-order valence-corrected chi connectivity index (χ3v) is 3.90. The normalized spacial score (nSPS) is 31.0. The topological polar surface area (TPSA) is 130 Å². The molecule has 0 amide bonds. The molecule has 0 bridgehead atoms. The molecule has 130 valence electrons. The van der Waals surface area contributed by atoms with Gasteiger partial charge in [0.15, 0.2) is 0 Å². The lowest BCUT2D eigenvalue weighted by Gasteiger charge is -2.39. The van der Waals surface area contributed by atoms with Gasteiger partial charge in [0.2, 0.25) is 6.29 Å². The molecule has 1 fully saturated rings. The molecule has 1 aliphatic heterocycles. The molecular formula is C16H18O8. The van der Waals surface area contributed by atoms with Crippen LogP contribution in [0, 0.1) is 6.90 Å². The quantitative estimate of drug-likeness (QED) is 0.539. The highest BCUT2D eigenvalue weighted by molar-refractivity contribution is 5.81. The van der Waals surface area contributed by atoms with E-state index < -0.39 is 42.9 Å². The Bertz CT molecular complexity index is 804. The van der Waals surface area contributed by atoms with Crippen molar-refractivity contribution in [1.29, 1.82) is 0 Å². The summed E-state index contributed by atoms with van der Waals surface area (Å²) in [5.41, 5.74) is 0.113. The van der Waals surface area contributed by atoms with Gasteiger partial charge in [0, 0.05) is 18.9 Å². The molecule has 8 nitrogen and oxygen atoms in total. The molecule has 1 unspecified atom stereocenters. The second kappa shape index (κ2) is 6.50. The molecule has 1 saturated heterocycles. The van der Waals surface area contributed by atoms with Crippen LogP contribution in [-0.4, -0.2) is 57.7 Å². The highest BCUT2D eigenvalue weighted by atomic mass is 16.7. The van der Waals surface area contributed by atoms with E-state index in [1.807, 2.05) is 0 Å². The van der Waals surface area contributed by atoms with Crippen molar-refractivity contribution in [3.05, 3.63) is 40.2 Å². The Morgan fingerprint density at radius 2 is 2.00 bits per heavy atom. The van der Waals surface area contributed by atoms with Crippen molar-refractivity contribution in [2.45, 2.75) is 37.6 Å². The van der Waals surface area contributed by atoms with Crippen LogP contribution >= 0.6 is 0 Å². The van der Waals surface area contributed by atoms with E-state index in [4.69, 9.17) is 15.3 Å². The maximum Gasteiger partial charge on any atom is 0.336 e. The highest BCUT2D eigenvalue weighted by Crippen LogP contribution is 2.27. The van der Waals surface area contributed by atoms with E-state index in [1.54, 1.807) is 6.07 Å². The van der Waals surface area contributed by atoms with Crippen molar-refractivity contribution in [2.75, 3.05) is 6.61 Å². The average molecular weight is 339 g/mol. The van der Waals surface area contributed by atoms with E-state index >= 15 is 0 Å². The van der Waals surface area contributed by atoms with Crippen molar-refractivity contribution in [3.63, 3.8) is 0 Å². The Balaban J connectivity index is 1.88. The van der Waals surface area contributed by atoms with E-state index in [1.165, 1.54) is 18.2 Å². The molecule has 0 saturated carbocycles. The molecule has 1 aromatic carbocycles. The largest absolute Gasteiger partial charge is 0.462 e. The van der Waals surface area contributed by atoms with Gasteiger partial charge in [-0.3, -0.25) is 0 Å². The minimum Gasteiger partial charge on any atom is -0.462 e. The van der Waals surface area contributed by atoms with E-state index in [0.717, 1.165) is 0 Å². The Kier molecular flexibility index (Phi) is 4.21. The zero-order valence-corrected chi connectivity index (χ0v) is 12.5. The summed E-state index contributed by atoms with van der Waals surface area (Å²) in [6.45, 7) is -0.653. The molecule has 24 heavy (non-hydrogen) atoms. The lowest BCUT2D eigenvalue weighted by Crippen LogP contribution is -2.60. The summed E-state index contributed by atoms with van der Waals surface area (Å²) in [5, 5.41) is 39.3. The summed E-state index contributed by atoms with van der Waals surface area (Å²) in [6.07, 6.45) is -6.99. The molecular weight excluding hydrogens is 320 g/mol. The van der Waals surface area contributed by atoms with Gasteiger partial charge >= 0.3 is 5.63 Å². The average Bonchev–Trinajstić information content (AvgIpc) is 2.61. The molecule has 5 atom stereocenters. The number of hydrogen-bond donors (Lipinski definition) is 4. The third-order valence-electron chi connectivity index (χ3n) is 3.90. The number of rotatable bonds is 3. The maximum absolute atomic E-state index is 11.5. The van der Waals surface area contributed by atoms with E-state index in [2.05, 4.69) is 0 Å². The molecule has 2 heterocycles. The van der Waals surface area contributed by atoms with Crippen LogP contribution in [0.15, 0.2) is 33.5 Å². The summed E-state index contributed by atoms with van der Waals surface area (Å²) < 4.78 is 23.3. The number of ether oxygens (including phenoxy) is 2. The van der Waals surface area contributed by atoms with Crippen LogP contribution in [0.4, 0.5) is 0 Å². The molecule has 0 aliphatic carbocycles. The van der Waals surface area contributed by atoms with Crippen molar-refractivity contribution >= 4 is 11.0 Å². The smallest absolute Gasteiger partial charge is 0.336 e. The van der Waals surface area contributed by atoms with Gasteiger partial charge in [0.1, 0.15) is 35.7 Å². The number of hydrogen-bond acceptors (Lipinski definition) is 8. The lowest BCUT2D eigenvalue weighted by molar-refractivity contribution is -0.277. The number of benzene rings is 1. The van der Waals surface area contributed by atoms with Crippen molar-refractivity contribution < 1.29 is 35.7 Å². The minimum absolute atomic E-state index is 0.0883. The fraction of sp³-hybridized carbons (Fsp3) is 0.438. The number of aliphatic hydroxyl groups excluding tert-OH is 4. The predicted molar refractivity (Wildman–Crippen MR) is 81.6 cm³/mol. The van der Waals surface area contributed by atoms with Gasteiger partial charge in [-0.15, -0.1) is 0 Å². The number of aliphatic hydroxyl groups is 4. The Morgan fingerprint density at radius 1 is 1.21 bits per heavy atom. The van der Waals surface area contributed by atoms with E-state index in [9.17, 15) is 25.2 Å². The van der Waals surface area contributed by atoms with Crippen LogP contribution in [0.2, 0.25) is 0 Å². The minimum atomic E-state index is -1.55. The van der Waals surface area contributed by atoms with Gasteiger partial charge < -0.3 is 34.3 Å². The number of fused-ring (bicyclic) bond motifs is 1. The lowest BCUT2D eigenvalue weighted by atomic mass is 9.99. The molecule has 4 N–H and O–H groups in total. The van der Waals surface area contributed by atoms with E-state index in [-0.39, 0.29) is 18.2 Å². The van der Waals surface area contributed by atoms with Gasteiger partial charge in [-0.25, -0.2) is 4.79 Å². The van der Waals surface area contributed by atoms with E-state index in [0.29, 0.717) is 10.9 Å². The van der Waals surface area contributed by atoms with Crippen LogP contribution in [0.3, 0.4) is 0 Å². The van der Waals surface area contributed by atoms with Crippen LogP contribution in [-0.2, 0) is 4.74 Å². The highest BCUT2D eigenvalue weighted by Gasteiger charge is 2.44. The van der Waals surface area contributed by atoms with Crippen LogP contribution in [0.1, 0.15) is 6.93 Å². The maximum atomic E-state index is 11.5. The Morgan fingerprint density at radius 3 is 2.71 bits per heavy atom. The Hall–Kier alpha value is -1.97. The fourth-order valence-corrected chi connectivity index (χ4v) is 2.58. The molecule has 2 aromatic rings. The standard InChI is InChI=1S/C16H18O8/c1-7-4-12(18)23-10-5-8(2-3-9(7)10)22-16-15(21)14(20)13(19)11(6-17)24-16/h2-5,11,13-17,19-21H,6H2,1H3/t11-,13-,14+,15-,16?/m1/s1/i1D. The van der Waals surface area contributed by atoms with Crippen LogP contribution in [0.5, 0.6) is 5.75 Å². The SMILES string of the molecule is [2H]Cc1cc(=O)oc2cc(OC3O[C@H](CO)[C@@H](O)[C@H](O)[C@H]3O)ccc12. The predicted octanol–water partition coefficient (Wildman–Crippen LogP) is -0.720. The summed E-state index contributed by atoms with van der Waals surface area (Å²) in [6, 6.07) is 5.77. The first-order valence-electron chi connectivity index (χ1n) is 7.98. The van der Waals surface area contributed by atoms with Crippen molar-refractivity contribution in [2.24, 2.45) is 0 Å². The molecule has 0 spiro atoms. The van der Waals surface area contributed by atoms with Crippen molar-refractivity contribution in [1.82, 2.24) is 0 Å². The van der Waals surface area contributed by atoms with Gasteiger partial charge in [-0.2, -0.15) is 0 Å². The van der Waals surface area contributed by atoms with Crippen LogP contribution in [0.25, 0.3) is 11.0 Å². The van der Waals surface area contributed by atoms with Gasteiger partial charge in [-0.1, -0.05) is 0 Å². The first-order chi connectivity index (χ1) is 11.9. The first kappa shape index (κ1) is 15.6. The summed E-state index contributed by atoms with van der Waals surface area (Å²) >= 11 is 0. The number of aryl methyl sites for hydroxylation is 1. The van der Waals surface area contributed by atoms with Crippen molar-refractivity contribution in [3.8, 4) is 5.75 Å². The Labute approximate surface area is 137 Å². The summed E-state index contributed by atoms with van der Waals surface area (Å²) in [7, 11) is 0. The van der Waals surface area contributed by atoms with Gasteiger partial charge in [0.25, 0.3) is 0 Å². The summed E-state index contributed by atoms with van der Waals surface area (Å²) in [4.78, 5) is 11.5. The molecule has 0 radical (unpaired) electrons. The zero-order valence-electron chi connectivity index (χ0n) is 13.5. The molecule has 1 aromatic heterocycles. The second-order valence-corrected chi connectivity index (χ2v) is 5.56. The van der Waals surface area contributed by atoms with Gasteiger partial charge in [-0.05, 0) is 24.6 Å². The zero-order chi connectivity index (χ0) is 18.1. The molecule has 1 aliphatic rings. The summed E-state index contributed by atoms with van der Waals surface area (Å²) in [5.74, 6) is 0.183. The monoisotopic (exact) mass is 339 g/mol. The molecule has 3 rings (SSSR count). The van der Waals surface area contributed by atoms with Crippen LogP contribution < -0.4 is 10.4 Å². The first-order valence-corrected chi connectivity index (χ1v) is 7.27.